The maximum absolute atomic E-state index is 13.1. The zero-order chi connectivity index (χ0) is 27.3. The maximum Gasteiger partial charge on any atom is 0.326 e. The van der Waals surface area contributed by atoms with E-state index in [-0.39, 0.29) is 37.2 Å². The van der Waals surface area contributed by atoms with Gasteiger partial charge in [0.15, 0.2) is 5.96 Å². The first kappa shape index (κ1) is 32.1. The number of nitrogens with one attached hydrogen (secondary N) is 3. The smallest absolute Gasteiger partial charge is 0.326 e. The molecule has 0 rings (SSSR count). The second-order valence-corrected chi connectivity index (χ2v) is 9.18. The molecule has 3 amide bonds. The third-order valence-electron chi connectivity index (χ3n) is 5.52. The lowest BCUT2D eigenvalue weighted by Gasteiger charge is -2.28. The average molecular weight is 502 g/mol. The normalized spacial score (nSPS) is 16.2. The van der Waals surface area contributed by atoms with E-state index in [4.69, 9.17) is 17.2 Å². The van der Waals surface area contributed by atoms with Crippen LogP contribution in [0.3, 0.4) is 0 Å². The van der Waals surface area contributed by atoms with E-state index in [9.17, 15) is 29.4 Å². The summed E-state index contributed by atoms with van der Waals surface area (Å²) in [5.41, 5.74) is 16.3. The summed E-state index contributed by atoms with van der Waals surface area (Å²) in [6, 6.07) is -4.50. The Hall–Kier alpha value is -2.93. The standard InChI is InChI=1S/C22H43N7O6/c1-6-12(4)17(20(33)28-15(21(34)35)10-11(2)3)29-18(31)14(8-7-9-26-22(24)25)27-19(32)16(23)13(5)30/h11-17,30H,6-10,23H2,1-5H3,(H,27,32)(H,28,33)(H,29,31)(H,34,35)(H4,24,25,26). The molecule has 0 fully saturated rings. The number of rotatable bonds is 16. The first-order chi connectivity index (χ1) is 16.2. The van der Waals surface area contributed by atoms with E-state index >= 15 is 0 Å². The highest BCUT2D eigenvalue weighted by molar-refractivity contribution is 5.94. The van der Waals surface area contributed by atoms with Crippen LogP contribution in [0.2, 0.25) is 0 Å². The van der Waals surface area contributed by atoms with Crippen molar-refractivity contribution in [2.45, 2.75) is 90.6 Å². The van der Waals surface area contributed by atoms with Gasteiger partial charge in [-0.15, -0.1) is 0 Å². The minimum atomic E-state index is -1.26. The molecule has 0 radical (unpaired) electrons. The molecule has 0 heterocycles. The summed E-state index contributed by atoms with van der Waals surface area (Å²) < 4.78 is 0. The Morgan fingerprint density at radius 3 is 1.94 bits per heavy atom. The molecule has 35 heavy (non-hydrogen) atoms. The van der Waals surface area contributed by atoms with E-state index in [1.165, 1.54) is 6.92 Å². The molecule has 0 aliphatic rings. The van der Waals surface area contributed by atoms with Gasteiger partial charge in [0.2, 0.25) is 17.7 Å². The number of amides is 3. The van der Waals surface area contributed by atoms with Crippen LogP contribution in [0.4, 0.5) is 0 Å². The summed E-state index contributed by atoms with van der Waals surface area (Å²) in [6.45, 7) is 8.80. The predicted octanol–water partition coefficient (Wildman–Crippen LogP) is -1.62. The van der Waals surface area contributed by atoms with Gasteiger partial charge in [-0.05, 0) is 38.0 Å². The number of aliphatic hydroxyl groups is 1. The van der Waals surface area contributed by atoms with E-state index in [0.717, 1.165) is 0 Å². The Labute approximate surface area is 206 Å². The average Bonchev–Trinajstić information content (AvgIpc) is 2.76. The molecule has 11 N–H and O–H groups in total. The van der Waals surface area contributed by atoms with Gasteiger partial charge in [-0.2, -0.15) is 0 Å². The summed E-state index contributed by atoms with van der Waals surface area (Å²) in [4.78, 5) is 53.9. The lowest BCUT2D eigenvalue weighted by atomic mass is 9.96. The number of carboxylic acids is 1. The van der Waals surface area contributed by atoms with Crippen molar-refractivity contribution in [1.29, 1.82) is 0 Å². The number of carbonyl (C=O) groups is 4. The van der Waals surface area contributed by atoms with Gasteiger partial charge in [0.25, 0.3) is 0 Å². The molecule has 0 aliphatic carbocycles. The first-order valence-electron chi connectivity index (χ1n) is 11.8. The summed E-state index contributed by atoms with van der Waals surface area (Å²) in [5, 5.41) is 26.7. The largest absolute Gasteiger partial charge is 0.480 e. The van der Waals surface area contributed by atoms with Crippen LogP contribution in [0.5, 0.6) is 0 Å². The molecule has 0 aromatic carbocycles. The summed E-state index contributed by atoms with van der Waals surface area (Å²) in [7, 11) is 0. The SMILES string of the molecule is CCC(C)C(NC(=O)C(CCCN=C(N)N)NC(=O)C(N)C(C)O)C(=O)NC(CC(C)C)C(=O)O. The van der Waals surface area contributed by atoms with Crippen molar-refractivity contribution in [3.05, 3.63) is 0 Å². The van der Waals surface area contributed by atoms with Gasteiger partial charge in [-0.3, -0.25) is 19.4 Å². The van der Waals surface area contributed by atoms with Crippen LogP contribution >= 0.6 is 0 Å². The maximum atomic E-state index is 13.1. The van der Waals surface area contributed by atoms with Crippen LogP contribution in [-0.4, -0.2) is 76.7 Å². The Morgan fingerprint density at radius 2 is 1.49 bits per heavy atom. The fourth-order valence-corrected chi connectivity index (χ4v) is 3.17. The minimum Gasteiger partial charge on any atom is -0.480 e. The quantitative estimate of drug-likeness (QED) is 0.0688. The van der Waals surface area contributed by atoms with Crippen molar-refractivity contribution in [3.63, 3.8) is 0 Å². The number of nitrogens with zero attached hydrogens (tertiary/aromatic N) is 1. The van der Waals surface area contributed by atoms with Gasteiger partial charge in [0, 0.05) is 6.54 Å². The predicted molar refractivity (Wildman–Crippen MR) is 132 cm³/mol. The number of aliphatic imine (C=N–C) groups is 1. The molecular formula is C22H43N7O6. The number of aliphatic carboxylic acids is 1. The first-order valence-corrected chi connectivity index (χ1v) is 11.8. The third kappa shape index (κ3) is 12.4. The van der Waals surface area contributed by atoms with E-state index in [0.29, 0.717) is 12.8 Å². The van der Waals surface area contributed by atoms with Crippen molar-refractivity contribution >= 4 is 29.7 Å². The lowest BCUT2D eigenvalue weighted by molar-refractivity contribution is -0.143. The van der Waals surface area contributed by atoms with E-state index in [2.05, 4.69) is 20.9 Å². The molecule has 0 spiro atoms. The molecule has 202 valence electrons. The molecule has 0 saturated heterocycles. The number of carboxylic acid groups (broad SMARTS) is 1. The van der Waals surface area contributed by atoms with Gasteiger partial charge >= 0.3 is 5.97 Å². The van der Waals surface area contributed by atoms with Crippen molar-refractivity contribution in [2.75, 3.05) is 6.54 Å². The van der Waals surface area contributed by atoms with Crippen molar-refractivity contribution in [1.82, 2.24) is 16.0 Å². The third-order valence-corrected chi connectivity index (χ3v) is 5.52. The molecule has 0 bridgehead atoms. The van der Waals surface area contributed by atoms with E-state index in [1.807, 2.05) is 20.8 Å². The number of nitrogens with two attached hydrogens (primary N) is 3. The molecular weight excluding hydrogens is 458 g/mol. The summed E-state index contributed by atoms with van der Waals surface area (Å²) in [6.07, 6.45) is 0.0573. The van der Waals surface area contributed by atoms with E-state index in [1.54, 1.807) is 6.92 Å². The molecule has 13 heteroatoms. The highest BCUT2D eigenvalue weighted by Gasteiger charge is 2.33. The second kappa shape index (κ2) is 15.9. The molecule has 0 aromatic rings. The van der Waals surface area contributed by atoms with Crippen molar-refractivity contribution in [3.8, 4) is 0 Å². The van der Waals surface area contributed by atoms with E-state index < -0.39 is 54.0 Å². The van der Waals surface area contributed by atoms with Gasteiger partial charge in [0.1, 0.15) is 24.2 Å². The Morgan fingerprint density at radius 1 is 0.914 bits per heavy atom. The molecule has 6 atom stereocenters. The Balaban J connectivity index is 5.66. The lowest BCUT2D eigenvalue weighted by Crippen LogP contribution is -2.59. The number of guanidine groups is 1. The summed E-state index contributed by atoms with van der Waals surface area (Å²) >= 11 is 0. The van der Waals surface area contributed by atoms with Gasteiger partial charge in [0.05, 0.1) is 6.10 Å². The summed E-state index contributed by atoms with van der Waals surface area (Å²) in [5.74, 6) is -3.62. The monoisotopic (exact) mass is 501 g/mol. The van der Waals surface area contributed by atoms with Crippen LogP contribution in [0.1, 0.15) is 60.3 Å². The van der Waals surface area contributed by atoms with Gasteiger partial charge in [-0.1, -0.05) is 34.1 Å². The van der Waals surface area contributed by atoms with Crippen LogP contribution in [0, 0.1) is 11.8 Å². The molecule has 0 aliphatic heterocycles. The zero-order valence-corrected chi connectivity index (χ0v) is 21.3. The Kier molecular flexibility index (Phi) is 14.5. The Bertz CT molecular complexity index is 740. The molecule has 6 unspecified atom stereocenters. The fourth-order valence-electron chi connectivity index (χ4n) is 3.17. The van der Waals surface area contributed by atoms with Gasteiger partial charge in [-0.25, -0.2) is 4.79 Å². The molecule has 0 saturated carbocycles. The van der Waals surface area contributed by atoms with Crippen molar-refractivity contribution in [2.24, 2.45) is 34.0 Å². The number of aliphatic hydroxyl groups excluding tert-OH is 1. The topological polar surface area (TPSA) is 235 Å². The minimum absolute atomic E-state index is 0.0241. The number of hydrogen-bond acceptors (Lipinski definition) is 7. The number of hydrogen-bond donors (Lipinski definition) is 8. The van der Waals surface area contributed by atoms with Gasteiger partial charge < -0.3 is 43.4 Å². The van der Waals surface area contributed by atoms with Crippen molar-refractivity contribution < 1.29 is 29.4 Å². The van der Waals surface area contributed by atoms with Crippen LogP contribution in [0.25, 0.3) is 0 Å². The number of carbonyl (C=O) groups excluding carboxylic acids is 3. The fraction of sp³-hybridized carbons (Fsp3) is 0.773. The highest BCUT2D eigenvalue weighted by Crippen LogP contribution is 2.12. The second-order valence-electron chi connectivity index (χ2n) is 9.18. The van der Waals surface area contributed by atoms with Crippen LogP contribution in [-0.2, 0) is 19.2 Å². The highest BCUT2D eigenvalue weighted by atomic mass is 16.4. The molecule has 13 nitrogen and oxygen atoms in total. The zero-order valence-electron chi connectivity index (χ0n) is 21.3. The van der Waals surface area contributed by atoms with Crippen LogP contribution < -0.4 is 33.2 Å². The molecule has 0 aromatic heterocycles. The van der Waals surface area contributed by atoms with Crippen LogP contribution in [0.15, 0.2) is 4.99 Å².